The van der Waals surface area contributed by atoms with Crippen molar-refractivity contribution < 1.29 is 5.11 Å². The van der Waals surface area contributed by atoms with Crippen LogP contribution in [0.25, 0.3) is 22.7 Å². The van der Waals surface area contributed by atoms with Crippen LogP contribution in [0.5, 0.6) is 5.75 Å². The second kappa shape index (κ2) is 5.70. The van der Waals surface area contributed by atoms with E-state index >= 15 is 0 Å². The second-order valence-electron chi connectivity index (χ2n) is 5.50. The molecule has 0 saturated heterocycles. The lowest BCUT2D eigenvalue weighted by atomic mass is 10.1. The summed E-state index contributed by atoms with van der Waals surface area (Å²) in [5.74, 6) is 1.48. The molecular weight excluding hydrogens is 314 g/mol. The summed E-state index contributed by atoms with van der Waals surface area (Å²) < 4.78 is 1.83. The van der Waals surface area contributed by atoms with E-state index in [0.29, 0.717) is 27.7 Å². The van der Waals surface area contributed by atoms with Crippen molar-refractivity contribution in [2.75, 3.05) is 18.5 Å². The van der Waals surface area contributed by atoms with Crippen LogP contribution in [0.3, 0.4) is 0 Å². The highest BCUT2D eigenvalue weighted by molar-refractivity contribution is 6.31. The summed E-state index contributed by atoms with van der Waals surface area (Å²) in [6, 6.07) is 3.31. The van der Waals surface area contributed by atoms with Crippen molar-refractivity contribution in [1.29, 1.82) is 0 Å². The van der Waals surface area contributed by atoms with Gasteiger partial charge in [-0.3, -0.25) is 0 Å². The quantitative estimate of drug-likeness (QED) is 0.798. The number of benzene rings is 1. The molecule has 2 aromatic heterocycles. The standard InChI is InChI=1S/C16H18ClN5O/c1-5-21(3)12-8-18-16-14(19-12)20-15(22(16)4)13-9(2)6-10(17)7-11(13)23/h6-8,23H,5H2,1-4H3. The molecule has 0 bridgehead atoms. The minimum absolute atomic E-state index is 0.0966. The van der Waals surface area contributed by atoms with Gasteiger partial charge in [-0.2, -0.15) is 0 Å². The summed E-state index contributed by atoms with van der Waals surface area (Å²) in [5, 5.41) is 10.8. The lowest BCUT2D eigenvalue weighted by Crippen LogP contribution is -2.17. The van der Waals surface area contributed by atoms with Crippen molar-refractivity contribution in [2.45, 2.75) is 13.8 Å². The van der Waals surface area contributed by atoms with Crippen LogP contribution < -0.4 is 4.90 Å². The molecule has 7 heteroatoms. The summed E-state index contributed by atoms with van der Waals surface area (Å²) in [7, 11) is 3.81. The molecule has 0 aliphatic heterocycles. The van der Waals surface area contributed by atoms with Crippen molar-refractivity contribution >= 4 is 28.7 Å². The van der Waals surface area contributed by atoms with Gasteiger partial charge in [0.15, 0.2) is 11.3 Å². The number of phenolic OH excluding ortho intramolecular Hbond substituents is 1. The number of imidazole rings is 1. The van der Waals surface area contributed by atoms with E-state index in [1.165, 1.54) is 6.07 Å². The van der Waals surface area contributed by atoms with Crippen LogP contribution in [0.2, 0.25) is 5.02 Å². The molecule has 6 nitrogen and oxygen atoms in total. The first-order chi connectivity index (χ1) is 10.9. The first-order valence-electron chi connectivity index (χ1n) is 7.32. The summed E-state index contributed by atoms with van der Waals surface area (Å²) >= 11 is 5.98. The Morgan fingerprint density at radius 3 is 2.70 bits per heavy atom. The Morgan fingerprint density at radius 2 is 2.04 bits per heavy atom. The van der Waals surface area contributed by atoms with Gasteiger partial charge in [-0.25, -0.2) is 15.0 Å². The average molecular weight is 332 g/mol. The van der Waals surface area contributed by atoms with E-state index < -0.39 is 0 Å². The molecule has 1 aromatic carbocycles. The van der Waals surface area contributed by atoms with Crippen LogP contribution in [0.4, 0.5) is 5.82 Å². The van der Waals surface area contributed by atoms with Gasteiger partial charge in [0.25, 0.3) is 0 Å². The van der Waals surface area contributed by atoms with Crippen LogP contribution >= 0.6 is 11.6 Å². The van der Waals surface area contributed by atoms with Crippen molar-refractivity contribution in [2.24, 2.45) is 7.05 Å². The number of aryl methyl sites for hydroxylation is 2. The van der Waals surface area contributed by atoms with E-state index in [1.54, 1.807) is 12.3 Å². The largest absolute Gasteiger partial charge is 0.507 e. The number of fused-ring (bicyclic) bond motifs is 1. The summed E-state index contributed by atoms with van der Waals surface area (Å²) in [5.41, 5.74) is 2.71. The van der Waals surface area contributed by atoms with Crippen LogP contribution in [-0.4, -0.2) is 38.2 Å². The number of hydrogen-bond donors (Lipinski definition) is 1. The van der Waals surface area contributed by atoms with E-state index in [-0.39, 0.29) is 5.75 Å². The third kappa shape index (κ3) is 2.59. The predicted molar refractivity (Wildman–Crippen MR) is 92.1 cm³/mol. The number of nitrogens with zero attached hydrogens (tertiary/aromatic N) is 5. The maximum Gasteiger partial charge on any atom is 0.200 e. The lowest BCUT2D eigenvalue weighted by molar-refractivity contribution is 0.476. The van der Waals surface area contributed by atoms with Gasteiger partial charge in [0.05, 0.1) is 11.8 Å². The third-order valence-corrected chi connectivity index (χ3v) is 4.16. The first kappa shape index (κ1) is 15.6. The zero-order valence-corrected chi connectivity index (χ0v) is 14.3. The Morgan fingerprint density at radius 1 is 1.30 bits per heavy atom. The maximum atomic E-state index is 10.3. The van der Waals surface area contributed by atoms with E-state index in [4.69, 9.17) is 11.6 Å². The molecule has 0 aliphatic carbocycles. The molecule has 3 rings (SSSR count). The Kier molecular flexibility index (Phi) is 3.85. The third-order valence-electron chi connectivity index (χ3n) is 3.94. The van der Waals surface area contributed by atoms with Gasteiger partial charge >= 0.3 is 0 Å². The molecule has 1 N–H and O–H groups in total. The lowest BCUT2D eigenvalue weighted by Gasteiger charge is -2.14. The van der Waals surface area contributed by atoms with Crippen molar-refractivity contribution in [3.63, 3.8) is 0 Å². The molecule has 0 saturated carbocycles. The number of anilines is 1. The fourth-order valence-corrected chi connectivity index (χ4v) is 2.80. The molecule has 0 unspecified atom stereocenters. The smallest absolute Gasteiger partial charge is 0.200 e. The Hall–Kier alpha value is -2.34. The zero-order valence-electron chi connectivity index (χ0n) is 13.5. The van der Waals surface area contributed by atoms with Gasteiger partial charge in [-0.05, 0) is 31.5 Å². The number of aromatic hydroxyl groups is 1. The topological polar surface area (TPSA) is 67.1 Å². The number of hydrogen-bond acceptors (Lipinski definition) is 5. The van der Waals surface area contributed by atoms with Gasteiger partial charge in [0.2, 0.25) is 0 Å². The fraction of sp³-hybridized carbons (Fsp3) is 0.312. The summed E-state index contributed by atoms with van der Waals surface area (Å²) in [6.45, 7) is 4.76. The maximum absolute atomic E-state index is 10.3. The minimum Gasteiger partial charge on any atom is -0.507 e. The van der Waals surface area contributed by atoms with Gasteiger partial charge in [-0.1, -0.05) is 11.6 Å². The number of aromatic nitrogens is 4. The highest BCUT2D eigenvalue weighted by atomic mass is 35.5. The molecule has 0 spiro atoms. The molecule has 0 radical (unpaired) electrons. The van der Waals surface area contributed by atoms with E-state index in [2.05, 4.69) is 15.0 Å². The van der Waals surface area contributed by atoms with Crippen LogP contribution in [0.15, 0.2) is 18.3 Å². The fourth-order valence-electron chi connectivity index (χ4n) is 2.54. The Balaban J connectivity index is 2.22. The first-order valence-corrected chi connectivity index (χ1v) is 7.70. The highest BCUT2D eigenvalue weighted by Crippen LogP contribution is 2.35. The molecule has 2 heterocycles. The number of halogens is 1. The second-order valence-corrected chi connectivity index (χ2v) is 5.94. The van der Waals surface area contributed by atoms with E-state index in [9.17, 15) is 5.11 Å². The van der Waals surface area contributed by atoms with Gasteiger partial charge in [0, 0.05) is 25.7 Å². The van der Waals surface area contributed by atoms with Crippen LogP contribution in [0, 0.1) is 6.92 Å². The molecule has 0 amide bonds. The Labute approximate surface area is 139 Å². The molecule has 3 aromatic rings. The Bertz CT molecular complexity index is 867. The number of phenols is 1. The molecular formula is C16H18ClN5O. The molecule has 0 aliphatic rings. The number of rotatable bonds is 3. The van der Waals surface area contributed by atoms with Crippen LogP contribution in [-0.2, 0) is 7.05 Å². The molecule has 23 heavy (non-hydrogen) atoms. The predicted octanol–water partition coefficient (Wildman–Crippen LogP) is 3.15. The summed E-state index contributed by atoms with van der Waals surface area (Å²) in [6.07, 6.45) is 1.73. The van der Waals surface area contributed by atoms with Crippen molar-refractivity contribution in [3.8, 4) is 17.1 Å². The molecule has 120 valence electrons. The average Bonchev–Trinajstić information content (AvgIpc) is 2.82. The highest BCUT2D eigenvalue weighted by Gasteiger charge is 2.18. The van der Waals surface area contributed by atoms with Crippen molar-refractivity contribution in [3.05, 3.63) is 28.9 Å². The zero-order chi connectivity index (χ0) is 16.7. The summed E-state index contributed by atoms with van der Waals surface area (Å²) in [4.78, 5) is 15.6. The minimum atomic E-state index is 0.0966. The monoisotopic (exact) mass is 331 g/mol. The van der Waals surface area contributed by atoms with Crippen LogP contribution in [0.1, 0.15) is 12.5 Å². The SMILES string of the molecule is CCN(C)c1cnc2c(n1)nc(-c1c(C)cc(Cl)cc1O)n2C. The molecule has 0 atom stereocenters. The van der Waals surface area contributed by atoms with Crippen molar-refractivity contribution in [1.82, 2.24) is 19.5 Å². The van der Waals surface area contributed by atoms with E-state index in [0.717, 1.165) is 17.9 Å². The van der Waals surface area contributed by atoms with Gasteiger partial charge < -0.3 is 14.6 Å². The normalized spacial score (nSPS) is 11.2. The van der Waals surface area contributed by atoms with Gasteiger partial charge in [-0.15, -0.1) is 0 Å². The van der Waals surface area contributed by atoms with E-state index in [1.807, 2.05) is 37.4 Å². The molecule has 0 fully saturated rings. The van der Waals surface area contributed by atoms with Gasteiger partial charge in [0.1, 0.15) is 17.4 Å².